The molecule has 1 unspecified atom stereocenters. The number of rotatable bonds is 7. The zero-order valence-electron chi connectivity index (χ0n) is 21.8. The number of carbonyl (C=O) groups is 1. The standard InChI is InChI=1S/C32H31N3O3/c1-3-9-29-34-30-20(2)16-23(31-33-26-12-7-8-13-28(26)38-31)18-27(30)35(29)19-21-14-15-24(25(17-21)32(36)37)22-10-5-4-6-11-22/h4-6,10-12,14-18,28H,3,7-9,13,19H2,1-2H3,(H,36,37). The van der Waals surface area contributed by atoms with Gasteiger partial charge in [-0.05, 0) is 73.1 Å². The third-order valence-electron chi connectivity index (χ3n) is 7.42. The van der Waals surface area contributed by atoms with Crippen LogP contribution < -0.4 is 0 Å². The van der Waals surface area contributed by atoms with Gasteiger partial charge in [0.05, 0.1) is 22.3 Å². The maximum atomic E-state index is 12.2. The Hall–Kier alpha value is -4.19. The highest BCUT2D eigenvalue weighted by atomic mass is 16.5. The molecule has 1 aromatic heterocycles. The molecule has 1 atom stereocenters. The smallest absolute Gasteiger partial charge is 0.336 e. The number of hydrogen-bond acceptors (Lipinski definition) is 4. The van der Waals surface area contributed by atoms with Gasteiger partial charge in [-0.1, -0.05) is 55.5 Å². The zero-order valence-corrected chi connectivity index (χ0v) is 21.8. The molecule has 0 bridgehead atoms. The van der Waals surface area contributed by atoms with Crippen LogP contribution in [0.1, 0.15) is 65.5 Å². The number of hydrogen-bond donors (Lipinski definition) is 1. The summed E-state index contributed by atoms with van der Waals surface area (Å²) in [5, 5.41) is 10.0. The third kappa shape index (κ3) is 4.40. The van der Waals surface area contributed by atoms with Gasteiger partial charge in [0.15, 0.2) is 0 Å². The van der Waals surface area contributed by atoms with E-state index < -0.39 is 5.97 Å². The molecule has 0 saturated carbocycles. The fraction of sp³-hybridized carbons (Fsp3) is 0.281. The van der Waals surface area contributed by atoms with Crippen LogP contribution in [0.25, 0.3) is 22.2 Å². The molecule has 0 fully saturated rings. The Morgan fingerprint density at radius 1 is 1.11 bits per heavy atom. The number of nitrogens with zero attached hydrogens (tertiary/aromatic N) is 3. The van der Waals surface area contributed by atoms with Crippen molar-refractivity contribution in [2.45, 2.75) is 58.6 Å². The van der Waals surface area contributed by atoms with Gasteiger partial charge in [0.1, 0.15) is 11.9 Å². The Kier molecular flexibility index (Phi) is 6.32. The molecule has 0 saturated heterocycles. The van der Waals surface area contributed by atoms with Crippen molar-refractivity contribution in [2.75, 3.05) is 0 Å². The Morgan fingerprint density at radius 2 is 1.95 bits per heavy atom. The van der Waals surface area contributed by atoms with Crippen LogP contribution >= 0.6 is 0 Å². The number of imidazole rings is 1. The normalized spacial score (nSPS) is 16.6. The highest BCUT2D eigenvalue weighted by Gasteiger charge is 2.28. The minimum absolute atomic E-state index is 0.0629. The van der Waals surface area contributed by atoms with E-state index in [9.17, 15) is 9.90 Å². The van der Waals surface area contributed by atoms with Crippen molar-refractivity contribution in [1.82, 2.24) is 9.55 Å². The molecule has 192 valence electrons. The SMILES string of the molecule is CCCc1nc2c(C)cc(C3=NC4=CCCCC4O3)cc2n1Cc1ccc(-c2ccccc2)c(C(=O)O)c1. The van der Waals surface area contributed by atoms with E-state index in [4.69, 9.17) is 14.7 Å². The van der Waals surface area contributed by atoms with E-state index in [2.05, 4.69) is 36.6 Å². The highest BCUT2D eigenvalue weighted by Crippen LogP contribution is 2.32. The van der Waals surface area contributed by atoms with Crippen molar-refractivity contribution < 1.29 is 14.6 Å². The van der Waals surface area contributed by atoms with Crippen LogP contribution in [-0.4, -0.2) is 32.6 Å². The lowest BCUT2D eigenvalue weighted by molar-refractivity contribution is 0.0697. The Morgan fingerprint density at radius 3 is 2.71 bits per heavy atom. The Labute approximate surface area is 222 Å². The van der Waals surface area contributed by atoms with Crippen molar-refractivity contribution in [3.8, 4) is 11.1 Å². The minimum Gasteiger partial charge on any atom is -0.478 e. The molecule has 6 heteroatoms. The largest absolute Gasteiger partial charge is 0.478 e. The number of fused-ring (bicyclic) bond motifs is 2. The Balaban J connectivity index is 1.42. The summed E-state index contributed by atoms with van der Waals surface area (Å²) in [4.78, 5) is 22.1. The number of benzene rings is 3. The summed E-state index contributed by atoms with van der Waals surface area (Å²) in [6.45, 7) is 4.76. The molecule has 2 aliphatic rings. The summed E-state index contributed by atoms with van der Waals surface area (Å²) in [5.41, 5.74) is 7.90. The van der Waals surface area contributed by atoms with Gasteiger partial charge < -0.3 is 14.4 Å². The van der Waals surface area contributed by atoms with Gasteiger partial charge in [-0.2, -0.15) is 0 Å². The van der Waals surface area contributed by atoms with E-state index in [-0.39, 0.29) is 6.10 Å². The van der Waals surface area contributed by atoms with E-state index >= 15 is 0 Å². The van der Waals surface area contributed by atoms with E-state index in [1.54, 1.807) is 6.07 Å². The molecule has 6 rings (SSSR count). The van der Waals surface area contributed by atoms with Crippen LogP contribution in [-0.2, 0) is 17.7 Å². The van der Waals surface area contributed by atoms with Crippen LogP contribution in [0.5, 0.6) is 0 Å². The fourth-order valence-electron chi connectivity index (χ4n) is 5.55. The monoisotopic (exact) mass is 505 g/mol. The number of allylic oxidation sites excluding steroid dienone is 1. The number of aryl methyl sites for hydroxylation is 2. The first kappa shape index (κ1) is 24.2. The lowest BCUT2D eigenvalue weighted by Gasteiger charge is -2.15. The number of carboxylic acids is 1. The quantitative estimate of drug-likeness (QED) is 0.296. The second-order valence-electron chi connectivity index (χ2n) is 10.2. The molecule has 6 nitrogen and oxygen atoms in total. The number of ether oxygens (including phenoxy) is 1. The van der Waals surface area contributed by atoms with Gasteiger partial charge in [-0.15, -0.1) is 0 Å². The summed E-state index contributed by atoms with van der Waals surface area (Å²) in [7, 11) is 0. The molecule has 4 aromatic rings. The minimum atomic E-state index is -0.930. The number of carboxylic acid groups (broad SMARTS) is 1. The average Bonchev–Trinajstić information content (AvgIpc) is 3.51. The molecule has 1 aliphatic carbocycles. The second kappa shape index (κ2) is 9.93. The molecule has 3 aromatic carbocycles. The Bertz CT molecular complexity index is 1600. The summed E-state index contributed by atoms with van der Waals surface area (Å²) >= 11 is 0. The van der Waals surface area contributed by atoms with Crippen LogP contribution in [0.2, 0.25) is 0 Å². The van der Waals surface area contributed by atoms with Gasteiger partial charge in [-0.3, -0.25) is 0 Å². The van der Waals surface area contributed by atoms with Gasteiger partial charge >= 0.3 is 5.97 Å². The summed E-state index contributed by atoms with van der Waals surface area (Å²) in [6, 6.07) is 19.6. The van der Waals surface area contributed by atoms with E-state index in [0.717, 1.165) is 82.5 Å². The van der Waals surface area contributed by atoms with E-state index in [1.165, 1.54) is 0 Å². The number of aliphatic imine (C=N–C) groups is 1. The van der Waals surface area contributed by atoms with Crippen LogP contribution in [0.15, 0.2) is 77.4 Å². The lowest BCUT2D eigenvalue weighted by Crippen LogP contribution is -2.14. The zero-order chi connectivity index (χ0) is 26.2. The highest BCUT2D eigenvalue weighted by molar-refractivity contribution is 6.00. The first-order chi connectivity index (χ1) is 18.5. The van der Waals surface area contributed by atoms with Crippen LogP contribution in [0.4, 0.5) is 0 Å². The van der Waals surface area contributed by atoms with Crippen molar-refractivity contribution in [2.24, 2.45) is 4.99 Å². The summed E-state index contributed by atoms with van der Waals surface area (Å²) < 4.78 is 8.47. The predicted octanol–water partition coefficient (Wildman–Crippen LogP) is 6.92. The van der Waals surface area contributed by atoms with Gasteiger partial charge in [-0.25, -0.2) is 14.8 Å². The third-order valence-corrected chi connectivity index (χ3v) is 7.42. The molecule has 0 spiro atoms. The van der Waals surface area contributed by atoms with Crippen molar-refractivity contribution >= 4 is 22.9 Å². The summed E-state index contributed by atoms with van der Waals surface area (Å²) in [5.74, 6) is 0.746. The van der Waals surface area contributed by atoms with Crippen molar-refractivity contribution in [3.05, 3.63) is 101 Å². The molecular formula is C32H31N3O3. The molecule has 2 heterocycles. The maximum absolute atomic E-state index is 12.2. The van der Waals surface area contributed by atoms with Crippen LogP contribution in [0.3, 0.4) is 0 Å². The number of aromatic carboxylic acids is 1. The molecule has 1 N–H and O–H groups in total. The fourth-order valence-corrected chi connectivity index (χ4v) is 5.55. The van der Waals surface area contributed by atoms with Gasteiger partial charge in [0, 0.05) is 18.5 Å². The van der Waals surface area contributed by atoms with Gasteiger partial charge in [0.2, 0.25) is 5.90 Å². The first-order valence-electron chi connectivity index (χ1n) is 13.4. The molecule has 0 amide bonds. The number of aromatic nitrogens is 2. The average molecular weight is 506 g/mol. The summed E-state index contributed by atoms with van der Waals surface area (Å²) in [6.07, 6.45) is 7.24. The van der Waals surface area contributed by atoms with Crippen molar-refractivity contribution in [1.29, 1.82) is 0 Å². The molecule has 0 radical (unpaired) electrons. The first-order valence-corrected chi connectivity index (χ1v) is 13.4. The molecule has 1 aliphatic heterocycles. The predicted molar refractivity (Wildman–Crippen MR) is 150 cm³/mol. The van der Waals surface area contributed by atoms with Crippen molar-refractivity contribution in [3.63, 3.8) is 0 Å². The lowest BCUT2D eigenvalue weighted by atomic mass is 9.97. The molecular weight excluding hydrogens is 474 g/mol. The second-order valence-corrected chi connectivity index (χ2v) is 10.2. The van der Waals surface area contributed by atoms with Crippen LogP contribution in [0, 0.1) is 6.92 Å². The topological polar surface area (TPSA) is 76.7 Å². The maximum Gasteiger partial charge on any atom is 0.336 e. The molecule has 38 heavy (non-hydrogen) atoms. The van der Waals surface area contributed by atoms with E-state index in [0.29, 0.717) is 18.0 Å². The van der Waals surface area contributed by atoms with Gasteiger partial charge in [0.25, 0.3) is 0 Å². The van der Waals surface area contributed by atoms with E-state index in [1.807, 2.05) is 42.5 Å².